The van der Waals surface area contributed by atoms with E-state index in [-0.39, 0.29) is 6.79 Å². The Morgan fingerprint density at radius 3 is 2.56 bits per heavy atom. The number of benzene rings is 3. The van der Waals surface area contributed by atoms with Crippen LogP contribution in [0.3, 0.4) is 0 Å². The van der Waals surface area contributed by atoms with Crippen LogP contribution >= 0.6 is 0 Å². The molecule has 0 aliphatic carbocycles. The number of rotatable bonds is 4. The van der Waals surface area contributed by atoms with E-state index in [1.807, 2.05) is 37.3 Å². The normalized spacial score (nSPS) is 12.2. The highest BCUT2D eigenvalue weighted by Crippen LogP contribution is 2.35. The van der Waals surface area contributed by atoms with Gasteiger partial charge in [0, 0.05) is 6.07 Å². The van der Waals surface area contributed by atoms with E-state index in [1.54, 1.807) is 24.3 Å². The molecule has 0 atom stereocenters. The Bertz CT molecular complexity index is 948. The third-order valence-corrected chi connectivity index (χ3v) is 3.92. The Kier molecular flexibility index (Phi) is 3.90. The lowest BCUT2D eigenvalue weighted by Crippen LogP contribution is -2.11. The van der Waals surface area contributed by atoms with E-state index in [4.69, 9.17) is 18.9 Å². The highest BCUT2D eigenvalue weighted by Gasteiger charge is 2.19. The van der Waals surface area contributed by atoms with Crippen molar-refractivity contribution in [2.24, 2.45) is 0 Å². The van der Waals surface area contributed by atoms with Crippen LogP contribution in [0, 0.1) is 0 Å². The Morgan fingerprint density at radius 2 is 1.76 bits per heavy atom. The van der Waals surface area contributed by atoms with Gasteiger partial charge in [-0.05, 0) is 42.0 Å². The van der Waals surface area contributed by atoms with Crippen molar-refractivity contribution in [3.05, 3.63) is 60.2 Å². The fraction of sp³-hybridized carbons (Fsp3) is 0.150. The van der Waals surface area contributed by atoms with Gasteiger partial charge >= 0.3 is 5.97 Å². The van der Waals surface area contributed by atoms with E-state index in [1.165, 1.54) is 0 Å². The monoisotopic (exact) mass is 336 g/mol. The van der Waals surface area contributed by atoms with Crippen LogP contribution in [0.1, 0.15) is 17.3 Å². The second-order valence-electron chi connectivity index (χ2n) is 5.53. The summed E-state index contributed by atoms with van der Waals surface area (Å²) in [5.41, 5.74) is 0.387. The summed E-state index contributed by atoms with van der Waals surface area (Å²) in [5, 5.41) is 1.95. The van der Waals surface area contributed by atoms with Gasteiger partial charge in [-0.15, -0.1) is 0 Å². The van der Waals surface area contributed by atoms with Gasteiger partial charge in [0.1, 0.15) is 17.1 Å². The third kappa shape index (κ3) is 2.96. The summed E-state index contributed by atoms with van der Waals surface area (Å²) >= 11 is 0. The van der Waals surface area contributed by atoms with Crippen LogP contribution < -0.4 is 18.9 Å². The average Bonchev–Trinajstić information content (AvgIpc) is 3.09. The predicted octanol–water partition coefficient (Wildman–Crippen LogP) is 4.19. The van der Waals surface area contributed by atoms with E-state index < -0.39 is 5.97 Å². The summed E-state index contributed by atoms with van der Waals surface area (Å²) in [6.45, 7) is 2.51. The molecular formula is C20H16O5. The molecule has 3 aromatic carbocycles. The van der Waals surface area contributed by atoms with Crippen molar-refractivity contribution in [1.29, 1.82) is 0 Å². The smallest absolute Gasteiger partial charge is 0.347 e. The second kappa shape index (κ2) is 6.36. The van der Waals surface area contributed by atoms with Crippen LogP contribution in [-0.4, -0.2) is 19.4 Å². The third-order valence-electron chi connectivity index (χ3n) is 3.92. The maximum Gasteiger partial charge on any atom is 0.347 e. The summed E-state index contributed by atoms with van der Waals surface area (Å²) in [4.78, 5) is 12.7. The number of hydrogen-bond acceptors (Lipinski definition) is 5. The molecule has 126 valence electrons. The molecular weight excluding hydrogens is 320 g/mol. The predicted molar refractivity (Wildman–Crippen MR) is 92.6 cm³/mol. The zero-order valence-electron chi connectivity index (χ0n) is 13.7. The minimum atomic E-state index is -0.479. The van der Waals surface area contributed by atoms with E-state index >= 15 is 0 Å². The van der Waals surface area contributed by atoms with Gasteiger partial charge in [0.05, 0.1) is 6.61 Å². The summed E-state index contributed by atoms with van der Waals surface area (Å²) in [6.07, 6.45) is 0. The average molecular weight is 336 g/mol. The van der Waals surface area contributed by atoms with Gasteiger partial charge in [0.2, 0.25) is 6.79 Å². The highest BCUT2D eigenvalue weighted by molar-refractivity contribution is 5.99. The lowest BCUT2D eigenvalue weighted by atomic mass is 10.1. The van der Waals surface area contributed by atoms with Crippen LogP contribution in [0.5, 0.6) is 23.0 Å². The van der Waals surface area contributed by atoms with Crippen LogP contribution in [0.15, 0.2) is 54.6 Å². The fourth-order valence-electron chi connectivity index (χ4n) is 2.76. The molecule has 0 saturated heterocycles. The highest BCUT2D eigenvalue weighted by atomic mass is 16.7. The molecule has 3 aromatic rings. The van der Waals surface area contributed by atoms with Crippen molar-refractivity contribution >= 4 is 16.7 Å². The van der Waals surface area contributed by atoms with E-state index in [9.17, 15) is 4.79 Å². The molecule has 0 spiro atoms. The Hall–Kier alpha value is -3.21. The van der Waals surface area contributed by atoms with Crippen molar-refractivity contribution in [1.82, 2.24) is 0 Å². The molecule has 25 heavy (non-hydrogen) atoms. The number of fused-ring (bicyclic) bond motifs is 2. The number of ether oxygens (including phenoxy) is 4. The van der Waals surface area contributed by atoms with Gasteiger partial charge in [-0.25, -0.2) is 4.79 Å². The zero-order chi connectivity index (χ0) is 17.2. The molecule has 0 N–H and O–H groups in total. The van der Waals surface area contributed by atoms with Crippen LogP contribution in [0.2, 0.25) is 0 Å². The standard InChI is InChI=1S/C20H16O5/c1-2-22-18-10-14-6-4-3-5-13(14)9-16(18)20(21)25-15-7-8-17-19(11-15)24-12-23-17/h3-11H,2,12H2,1H3. The second-order valence-corrected chi connectivity index (χ2v) is 5.53. The van der Waals surface area contributed by atoms with E-state index in [0.29, 0.717) is 35.2 Å². The molecule has 0 amide bonds. The molecule has 0 bridgehead atoms. The van der Waals surface area contributed by atoms with E-state index in [2.05, 4.69) is 0 Å². The molecule has 5 heteroatoms. The molecule has 0 saturated carbocycles. The fourth-order valence-corrected chi connectivity index (χ4v) is 2.76. The van der Waals surface area contributed by atoms with Crippen molar-refractivity contribution < 1.29 is 23.7 Å². The summed E-state index contributed by atoms with van der Waals surface area (Å²) in [7, 11) is 0. The zero-order valence-corrected chi connectivity index (χ0v) is 13.7. The first-order valence-corrected chi connectivity index (χ1v) is 8.02. The Labute approximate surface area is 144 Å². The summed E-state index contributed by atoms with van der Waals surface area (Å²) < 4.78 is 21.7. The maximum absolute atomic E-state index is 12.7. The van der Waals surface area contributed by atoms with Crippen LogP contribution in [0.4, 0.5) is 0 Å². The first-order valence-electron chi connectivity index (χ1n) is 8.02. The SMILES string of the molecule is CCOc1cc2ccccc2cc1C(=O)Oc1ccc2c(c1)OCO2. The van der Waals surface area contributed by atoms with Crippen molar-refractivity contribution in [3.8, 4) is 23.0 Å². The van der Waals surface area contributed by atoms with E-state index in [0.717, 1.165) is 10.8 Å². The van der Waals surface area contributed by atoms with Gasteiger partial charge in [-0.3, -0.25) is 0 Å². The topological polar surface area (TPSA) is 54.0 Å². The summed E-state index contributed by atoms with van der Waals surface area (Å²) in [5.74, 6) is 1.62. The van der Waals surface area contributed by atoms with Crippen molar-refractivity contribution in [3.63, 3.8) is 0 Å². The molecule has 0 unspecified atom stereocenters. The van der Waals surface area contributed by atoms with Gasteiger partial charge in [0.25, 0.3) is 0 Å². The molecule has 5 nitrogen and oxygen atoms in total. The minimum absolute atomic E-state index is 0.173. The molecule has 1 heterocycles. The largest absolute Gasteiger partial charge is 0.493 e. The van der Waals surface area contributed by atoms with Gasteiger partial charge in [-0.1, -0.05) is 24.3 Å². The number of carbonyl (C=O) groups excluding carboxylic acids is 1. The van der Waals surface area contributed by atoms with Gasteiger partial charge in [0.15, 0.2) is 11.5 Å². The number of carbonyl (C=O) groups is 1. The molecule has 4 rings (SSSR count). The number of hydrogen-bond donors (Lipinski definition) is 0. The lowest BCUT2D eigenvalue weighted by Gasteiger charge is -2.12. The molecule has 0 radical (unpaired) electrons. The first kappa shape index (κ1) is 15.3. The molecule has 0 fully saturated rings. The van der Waals surface area contributed by atoms with Gasteiger partial charge < -0.3 is 18.9 Å². The maximum atomic E-state index is 12.7. The van der Waals surface area contributed by atoms with Crippen molar-refractivity contribution in [2.45, 2.75) is 6.92 Å². The lowest BCUT2D eigenvalue weighted by molar-refractivity contribution is 0.0730. The van der Waals surface area contributed by atoms with Crippen molar-refractivity contribution in [2.75, 3.05) is 13.4 Å². The van der Waals surface area contributed by atoms with Crippen LogP contribution in [0.25, 0.3) is 10.8 Å². The first-order chi connectivity index (χ1) is 12.2. The Morgan fingerprint density at radius 1 is 1.00 bits per heavy atom. The summed E-state index contributed by atoms with van der Waals surface area (Å²) in [6, 6.07) is 16.5. The quantitative estimate of drug-likeness (QED) is 0.528. The number of esters is 1. The van der Waals surface area contributed by atoms with Gasteiger partial charge in [-0.2, -0.15) is 0 Å². The molecule has 1 aliphatic heterocycles. The van der Waals surface area contributed by atoms with Crippen LogP contribution in [-0.2, 0) is 0 Å². The Balaban J connectivity index is 1.67. The minimum Gasteiger partial charge on any atom is -0.493 e. The molecule has 0 aromatic heterocycles. The molecule has 1 aliphatic rings.